The first-order valence-corrected chi connectivity index (χ1v) is 7.52. The molecule has 0 N–H and O–H groups in total. The second kappa shape index (κ2) is 6.07. The second-order valence-corrected chi connectivity index (χ2v) is 6.61. The fourth-order valence-electron chi connectivity index (χ4n) is 2.05. The number of nitrogens with zero attached hydrogens (tertiary/aromatic N) is 2. The molecule has 0 amide bonds. The van der Waals surface area contributed by atoms with Gasteiger partial charge < -0.3 is 0 Å². The first kappa shape index (κ1) is 13.2. The molecule has 1 aromatic heterocycles. The van der Waals surface area contributed by atoms with Crippen LogP contribution in [-0.2, 0) is 6.54 Å². The first-order chi connectivity index (χ1) is 8.16. The van der Waals surface area contributed by atoms with Crippen LogP contribution in [0.1, 0.15) is 19.4 Å². The van der Waals surface area contributed by atoms with Gasteiger partial charge in [0.05, 0.1) is 5.02 Å². The molecule has 1 saturated heterocycles. The van der Waals surface area contributed by atoms with Crippen molar-refractivity contribution < 1.29 is 0 Å². The van der Waals surface area contributed by atoms with Crippen LogP contribution in [-0.4, -0.2) is 34.0 Å². The molecular weight excluding hydrogens is 252 g/mol. The predicted molar refractivity (Wildman–Crippen MR) is 75.6 cm³/mol. The van der Waals surface area contributed by atoms with Crippen molar-refractivity contribution in [2.45, 2.75) is 25.6 Å². The Kier molecular flexibility index (Phi) is 4.71. The summed E-state index contributed by atoms with van der Waals surface area (Å²) in [6.07, 6.45) is 3.55. The van der Waals surface area contributed by atoms with E-state index in [1.807, 2.05) is 12.3 Å². The molecule has 94 valence electrons. The minimum absolute atomic E-state index is 0.746. The van der Waals surface area contributed by atoms with Gasteiger partial charge in [0.15, 0.2) is 0 Å². The van der Waals surface area contributed by atoms with Crippen LogP contribution in [0.2, 0.25) is 5.02 Å². The van der Waals surface area contributed by atoms with E-state index in [0.717, 1.165) is 29.3 Å². The molecule has 1 atom stereocenters. The molecule has 0 radical (unpaired) electrons. The Morgan fingerprint density at radius 3 is 3.12 bits per heavy atom. The summed E-state index contributed by atoms with van der Waals surface area (Å²) in [6, 6.07) is 2.02. The van der Waals surface area contributed by atoms with Gasteiger partial charge in [0.2, 0.25) is 0 Å². The zero-order valence-corrected chi connectivity index (χ0v) is 12.0. The molecule has 0 aromatic carbocycles. The van der Waals surface area contributed by atoms with Crippen molar-refractivity contribution in [3.63, 3.8) is 0 Å². The molecule has 0 aliphatic carbocycles. The third kappa shape index (κ3) is 3.60. The maximum absolute atomic E-state index is 6.15. The SMILES string of the molecule is CC(C)[C@@H]1CN(Cc2ccncc2Cl)CCS1. The summed E-state index contributed by atoms with van der Waals surface area (Å²) in [4.78, 5) is 6.53. The van der Waals surface area contributed by atoms with Crippen LogP contribution in [0.5, 0.6) is 0 Å². The van der Waals surface area contributed by atoms with Gasteiger partial charge in [0, 0.05) is 43.0 Å². The molecular formula is C13H19ClN2S. The highest BCUT2D eigenvalue weighted by Crippen LogP contribution is 2.26. The lowest BCUT2D eigenvalue weighted by molar-refractivity contribution is 0.260. The molecule has 0 unspecified atom stereocenters. The van der Waals surface area contributed by atoms with Crippen molar-refractivity contribution >= 4 is 23.4 Å². The number of hydrogen-bond donors (Lipinski definition) is 0. The number of aromatic nitrogens is 1. The van der Waals surface area contributed by atoms with Crippen molar-refractivity contribution in [1.29, 1.82) is 0 Å². The van der Waals surface area contributed by atoms with Crippen LogP contribution >= 0.6 is 23.4 Å². The first-order valence-electron chi connectivity index (χ1n) is 6.09. The highest BCUT2D eigenvalue weighted by Gasteiger charge is 2.23. The van der Waals surface area contributed by atoms with Crippen molar-refractivity contribution in [3.8, 4) is 0 Å². The number of rotatable bonds is 3. The van der Waals surface area contributed by atoms with Gasteiger partial charge in [0.1, 0.15) is 0 Å². The molecule has 4 heteroatoms. The van der Waals surface area contributed by atoms with Gasteiger partial charge in [0.25, 0.3) is 0 Å². The van der Waals surface area contributed by atoms with Gasteiger partial charge in [-0.2, -0.15) is 11.8 Å². The maximum Gasteiger partial charge on any atom is 0.0634 e. The molecule has 1 fully saturated rings. The van der Waals surface area contributed by atoms with Crippen LogP contribution in [0.3, 0.4) is 0 Å². The molecule has 0 bridgehead atoms. The Morgan fingerprint density at radius 1 is 1.59 bits per heavy atom. The second-order valence-electron chi connectivity index (χ2n) is 4.86. The summed E-state index contributed by atoms with van der Waals surface area (Å²) in [5.41, 5.74) is 1.19. The third-order valence-corrected chi connectivity index (χ3v) is 5.05. The number of pyridine rings is 1. The largest absolute Gasteiger partial charge is 0.297 e. The van der Waals surface area contributed by atoms with E-state index >= 15 is 0 Å². The molecule has 0 saturated carbocycles. The fraction of sp³-hybridized carbons (Fsp3) is 0.615. The zero-order chi connectivity index (χ0) is 12.3. The Labute approximate surface area is 113 Å². The molecule has 17 heavy (non-hydrogen) atoms. The fourth-order valence-corrected chi connectivity index (χ4v) is 3.60. The lowest BCUT2D eigenvalue weighted by atomic mass is 10.1. The van der Waals surface area contributed by atoms with Gasteiger partial charge in [-0.3, -0.25) is 9.88 Å². The smallest absolute Gasteiger partial charge is 0.0634 e. The molecule has 2 nitrogen and oxygen atoms in total. The van der Waals surface area contributed by atoms with Gasteiger partial charge in [-0.25, -0.2) is 0 Å². The van der Waals surface area contributed by atoms with Crippen LogP contribution in [0, 0.1) is 5.92 Å². The highest BCUT2D eigenvalue weighted by atomic mass is 35.5. The minimum atomic E-state index is 0.746. The lowest BCUT2D eigenvalue weighted by Gasteiger charge is -2.34. The molecule has 1 aliphatic rings. The van der Waals surface area contributed by atoms with E-state index in [2.05, 4.69) is 35.5 Å². The monoisotopic (exact) mass is 270 g/mol. The normalized spacial score (nSPS) is 22.0. The summed E-state index contributed by atoms with van der Waals surface area (Å²) in [7, 11) is 0. The number of thioether (sulfide) groups is 1. The van der Waals surface area contributed by atoms with Crippen LogP contribution in [0.15, 0.2) is 18.5 Å². The standard InChI is InChI=1S/C13H19ClN2S/c1-10(2)13-9-16(5-6-17-13)8-11-3-4-15-7-12(11)14/h3-4,7,10,13H,5-6,8-9H2,1-2H3/t13-/m0/s1. The Balaban J connectivity index is 1.97. The summed E-state index contributed by atoms with van der Waals surface area (Å²) >= 11 is 8.25. The number of halogens is 1. The molecule has 1 aromatic rings. The van der Waals surface area contributed by atoms with Crippen LogP contribution < -0.4 is 0 Å². The Morgan fingerprint density at radius 2 is 2.41 bits per heavy atom. The third-order valence-electron chi connectivity index (χ3n) is 3.17. The summed E-state index contributed by atoms with van der Waals surface area (Å²) in [5, 5.41) is 1.54. The summed E-state index contributed by atoms with van der Waals surface area (Å²) < 4.78 is 0. The van der Waals surface area contributed by atoms with Crippen molar-refractivity contribution in [2.75, 3.05) is 18.8 Å². The average molecular weight is 271 g/mol. The van der Waals surface area contributed by atoms with E-state index in [1.165, 1.54) is 17.9 Å². The summed E-state index contributed by atoms with van der Waals surface area (Å²) in [6.45, 7) is 7.89. The van der Waals surface area contributed by atoms with Gasteiger partial charge in [-0.05, 0) is 17.5 Å². The van der Waals surface area contributed by atoms with Crippen molar-refractivity contribution in [1.82, 2.24) is 9.88 Å². The Bertz CT molecular complexity index is 370. The topological polar surface area (TPSA) is 16.1 Å². The maximum atomic E-state index is 6.15. The minimum Gasteiger partial charge on any atom is -0.297 e. The van der Waals surface area contributed by atoms with E-state index in [-0.39, 0.29) is 0 Å². The average Bonchev–Trinajstić information content (AvgIpc) is 2.32. The van der Waals surface area contributed by atoms with E-state index in [1.54, 1.807) is 6.20 Å². The molecule has 1 aliphatic heterocycles. The zero-order valence-electron chi connectivity index (χ0n) is 10.4. The lowest BCUT2D eigenvalue weighted by Crippen LogP contribution is -2.39. The Hall–Kier alpha value is -0.250. The van der Waals surface area contributed by atoms with E-state index < -0.39 is 0 Å². The van der Waals surface area contributed by atoms with Gasteiger partial charge >= 0.3 is 0 Å². The summed E-state index contributed by atoms with van der Waals surface area (Å²) in [5.74, 6) is 1.97. The van der Waals surface area contributed by atoms with Crippen LogP contribution in [0.4, 0.5) is 0 Å². The number of hydrogen-bond acceptors (Lipinski definition) is 3. The van der Waals surface area contributed by atoms with E-state index in [4.69, 9.17) is 11.6 Å². The quantitative estimate of drug-likeness (QED) is 0.838. The van der Waals surface area contributed by atoms with E-state index in [0.29, 0.717) is 0 Å². The molecule has 2 heterocycles. The molecule has 0 spiro atoms. The molecule has 2 rings (SSSR count). The van der Waals surface area contributed by atoms with Crippen molar-refractivity contribution in [3.05, 3.63) is 29.0 Å². The predicted octanol–water partition coefficient (Wildman–Crippen LogP) is 3.31. The van der Waals surface area contributed by atoms with Gasteiger partial charge in [-0.1, -0.05) is 25.4 Å². The van der Waals surface area contributed by atoms with Crippen LogP contribution in [0.25, 0.3) is 0 Å². The highest BCUT2D eigenvalue weighted by molar-refractivity contribution is 8.00. The van der Waals surface area contributed by atoms with Gasteiger partial charge in [-0.15, -0.1) is 0 Å². The van der Waals surface area contributed by atoms with E-state index in [9.17, 15) is 0 Å². The van der Waals surface area contributed by atoms with Crippen molar-refractivity contribution in [2.24, 2.45) is 5.92 Å².